The number of nitrogens with one attached hydrogen (secondary N) is 2. The largest absolute Gasteiger partial charge is 0.357 e. The van der Waals surface area contributed by atoms with Gasteiger partial charge in [-0.1, -0.05) is 6.92 Å². The van der Waals surface area contributed by atoms with Crippen molar-refractivity contribution in [2.75, 3.05) is 44.2 Å². The van der Waals surface area contributed by atoms with Gasteiger partial charge in [-0.3, -0.25) is 4.99 Å². The highest BCUT2D eigenvalue weighted by Crippen LogP contribution is 2.16. The Bertz CT molecular complexity index is 499. The van der Waals surface area contributed by atoms with Gasteiger partial charge in [0.05, 0.1) is 11.5 Å². The number of hydrogen-bond donors (Lipinski definition) is 2. The van der Waals surface area contributed by atoms with Crippen molar-refractivity contribution in [2.45, 2.75) is 52.0 Å². The molecule has 2 saturated heterocycles. The average Bonchev–Trinajstić information content (AvgIpc) is 2.88. The van der Waals surface area contributed by atoms with Crippen molar-refractivity contribution in [1.82, 2.24) is 15.5 Å². The van der Waals surface area contributed by atoms with Crippen LogP contribution in [0.15, 0.2) is 4.99 Å². The van der Waals surface area contributed by atoms with Crippen LogP contribution in [-0.4, -0.2) is 69.5 Å². The second kappa shape index (κ2) is 9.61. The van der Waals surface area contributed by atoms with E-state index in [0.29, 0.717) is 12.2 Å². The molecule has 2 fully saturated rings. The number of nitrogens with zero attached hydrogens (tertiary/aromatic N) is 2. The fourth-order valence-electron chi connectivity index (χ4n) is 3.35. The SMILES string of the molecule is CCNC(=NCCCCN1CCC(C)CC1)NC1CCS(=O)(=O)C1. The van der Waals surface area contributed by atoms with Crippen LogP contribution < -0.4 is 10.6 Å². The first-order valence-electron chi connectivity index (χ1n) is 9.46. The van der Waals surface area contributed by atoms with Crippen LogP contribution in [0.5, 0.6) is 0 Å². The summed E-state index contributed by atoms with van der Waals surface area (Å²) < 4.78 is 23.1. The third kappa shape index (κ3) is 6.97. The number of rotatable bonds is 7. The Kier molecular flexibility index (Phi) is 7.81. The van der Waals surface area contributed by atoms with Crippen molar-refractivity contribution in [2.24, 2.45) is 10.9 Å². The van der Waals surface area contributed by atoms with Gasteiger partial charge in [0.15, 0.2) is 15.8 Å². The molecule has 0 amide bonds. The number of guanidine groups is 1. The van der Waals surface area contributed by atoms with Crippen molar-refractivity contribution < 1.29 is 8.42 Å². The molecular weight excluding hydrogens is 324 g/mol. The minimum absolute atomic E-state index is 0.00291. The first-order valence-corrected chi connectivity index (χ1v) is 11.3. The van der Waals surface area contributed by atoms with E-state index in [4.69, 9.17) is 0 Å². The van der Waals surface area contributed by atoms with E-state index in [1.807, 2.05) is 6.92 Å². The molecule has 24 heavy (non-hydrogen) atoms. The zero-order valence-corrected chi connectivity index (χ0v) is 16.1. The Labute approximate surface area is 147 Å². The summed E-state index contributed by atoms with van der Waals surface area (Å²) in [5, 5.41) is 6.48. The summed E-state index contributed by atoms with van der Waals surface area (Å²) in [6.07, 6.45) is 5.59. The molecule has 2 aliphatic heterocycles. The lowest BCUT2D eigenvalue weighted by Crippen LogP contribution is -2.44. The van der Waals surface area contributed by atoms with Crippen LogP contribution in [0.4, 0.5) is 0 Å². The van der Waals surface area contributed by atoms with Crippen molar-refractivity contribution in [1.29, 1.82) is 0 Å². The molecule has 0 spiro atoms. The van der Waals surface area contributed by atoms with Crippen LogP contribution in [0.1, 0.15) is 46.0 Å². The van der Waals surface area contributed by atoms with E-state index in [-0.39, 0.29) is 11.8 Å². The molecule has 7 heteroatoms. The summed E-state index contributed by atoms with van der Waals surface area (Å²) in [5.41, 5.74) is 0. The summed E-state index contributed by atoms with van der Waals surface area (Å²) in [6, 6.07) is 0.00291. The van der Waals surface area contributed by atoms with E-state index < -0.39 is 9.84 Å². The standard InChI is InChI=1S/C17H34N4O2S/c1-3-18-17(20-16-8-13-24(22,23)14-16)19-9-4-5-10-21-11-6-15(2)7-12-21/h15-16H,3-14H2,1-2H3,(H2,18,19,20). The molecular formula is C17H34N4O2S. The summed E-state index contributed by atoms with van der Waals surface area (Å²) in [4.78, 5) is 7.17. The van der Waals surface area contributed by atoms with E-state index in [2.05, 4.69) is 27.4 Å². The first-order chi connectivity index (χ1) is 11.5. The zero-order chi connectivity index (χ0) is 17.4. The molecule has 0 aromatic carbocycles. The molecule has 1 unspecified atom stereocenters. The van der Waals surface area contributed by atoms with Crippen LogP contribution >= 0.6 is 0 Å². The van der Waals surface area contributed by atoms with Gasteiger partial charge in [0.2, 0.25) is 0 Å². The molecule has 0 saturated carbocycles. The van der Waals surface area contributed by atoms with Gasteiger partial charge in [-0.25, -0.2) is 8.42 Å². The first kappa shape index (κ1) is 19.5. The molecule has 0 aromatic rings. The lowest BCUT2D eigenvalue weighted by molar-refractivity contribution is 0.190. The molecule has 6 nitrogen and oxygen atoms in total. The van der Waals surface area contributed by atoms with Gasteiger partial charge in [-0.15, -0.1) is 0 Å². The maximum atomic E-state index is 11.5. The van der Waals surface area contributed by atoms with Crippen molar-refractivity contribution in [3.8, 4) is 0 Å². The normalized spacial score (nSPS) is 25.8. The second-order valence-corrected chi connectivity index (χ2v) is 9.46. The molecule has 1 atom stereocenters. The molecule has 0 aliphatic carbocycles. The highest BCUT2D eigenvalue weighted by molar-refractivity contribution is 7.91. The number of sulfone groups is 1. The van der Waals surface area contributed by atoms with Gasteiger partial charge >= 0.3 is 0 Å². The van der Waals surface area contributed by atoms with E-state index >= 15 is 0 Å². The summed E-state index contributed by atoms with van der Waals surface area (Å²) in [6.45, 7) is 9.61. The van der Waals surface area contributed by atoms with Gasteiger partial charge in [-0.2, -0.15) is 0 Å². The van der Waals surface area contributed by atoms with Crippen molar-refractivity contribution >= 4 is 15.8 Å². The second-order valence-electron chi connectivity index (χ2n) is 7.24. The van der Waals surface area contributed by atoms with Gasteiger partial charge in [-0.05, 0) is 64.6 Å². The highest BCUT2D eigenvalue weighted by atomic mass is 32.2. The van der Waals surface area contributed by atoms with E-state index in [9.17, 15) is 8.42 Å². The smallest absolute Gasteiger partial charge is 0.191 e. The van der Waals surface area contributed by atoms with Crippen LogP contribution in [0.2, 0.25) is 0 Å². The molecule has 2 aliphatic rings. The Balaban J connectivity index is 1.65. The minimum Gasteiger partial charge on any atom is -0.357 e. The fourth-order valence-corrected chi connectivity index (χ4v) is 5.02. The van der Waals surface area contributed by atoms with Gasteiger partial charge in [0.1, 0.15) is 0 Å². The monoisotopic (exact) mass is 358 g/mol. The molecule has 2 rings (SSSR count). The number of likely N-dealkylation sites (tertiary alicyclic amines) is 1. The minimum atomic E-state index is -2.85. The van der Waals surface area contributed by atoms with Crippen LogP contribution in [0.25, 0.3) is 0 Å². The summed E-state index contributed by atoms with van der Waals surface area (Å²) >= 11 is 0. The maximum Gasteiger partial charge on any atom is 0.191 e. The summed E-state index contributed by atoms with van der Waals surface area (Å²) in [7, 11) is -2.85. The zero-order valence-electron chi connectivity index (χ0n) is 15.3. The molecule has 0 bridgehead atoms. The lowest BCUT2D eigenvalue weighted by Gasteiger charge is -2.30. The molecule has 0 radical (unpaired) electrons. The Morgan fingerprint density at radius 2 is 1.96 bits per heavy atom. The maximum absolute atomic E-state index is 11.5. The van der Waals surface area contributed by atoms with E-state index in [1.165, 1.54) is 38.9 Å². The van der Waals surface area contributed by atoms with E-state index in [1.54, 1.807) is 0 Å². The molecule has 0 aromatic heterocycles. The molecule has 140 valence electrons. The van der Waals surface area contributed by atoms with E-state index in [0.717, 1.165) is 31.4 Å². The predicted molar refractivity (Wildman–Crippen MR) is 100 cm³/mol. The third-order valence-electron chi connectivity index (χ3n) is 4.95. The number of hydrogen-bond acceptors (Lipinski definition) is 4. The Hall–Kier alpha value is -0.820. The fraction of sp³-hybridized carbons (Fsp3) is 0.941. The van der Waals surface area contributed by atoms with Crippen LogP contribution in [-0.2, 0) is 9.84 Å². The topological polar surface area (TPSA) is 73.8 Å². The number of unbranched alkanes of at least 4 members (excludes halogenated alkanes) is 1. The Morgan fingerprint density at radius 3 is 2.58 bits per heavy atom. The van der Waals surface area contributed by atoms with Crippen LogP contribution in [0.3, 0.4) is 0 Å². The van der Waals surface area contributed by atoms with Gasteiger partial charge in [0.25, 0.3) is 0 Å². The quantitative estimate of drug-likeness (QED) is 0.407. The Morgan fingerprint density at radius 1 is 1.21 bits per heavy atom. The van der Waals surface area contributed by atoms with Crippen molar-refractivity contribution in [3.63, 3.8) is 0 Å². The molecule has 2 heterocycles. The summed E-state index contributed by atoms with van der Waals surface area (Å²) in [5.74, 6) is 2.16. The predicted octanol–water partition coefficient (Wildman–Crippen LogP) is 1.24. The van der Waals surface area contributed by atoms with Gasteiger partial charge in [0, 0.05) is 19.1 Å². The highest BCUT2D eigenvalue weighted by Gasteiger charge is 2.28. The number of piperidine rings is 1. The lowest BCUT2D eigenvalue weighted by atomic mass is 9.99. The number of aliphatic imine (C=N–C) groups is 1. The molecule has 2 N–H and O–H groups in total. The van der Waals surface area contributed by atoms with Gasteiger partial charge < -0.3 is 15.5 Å². The van der Waals surface area contributed by atoms with Crippen molar-refractivity contribution in [3.05, 3.63) is 0 Å². The average molecular weight is 359 g/mol. The van der Waals surface area contributed by atoms with Crippen LogP contribution in [0, 0.1) is 5.92 Å². The third-order valence-corrected chi connectivity index (χ3v) is 6.71.